The monoisotopic (exact) mass is 329 g/mol. The van der Waals surface area contributed by atoms with Crippen LogP contribution in [0.3, 0.4) is 0 Å². The third-order valence-electron chi connectivity index (χ3n) is 4.27. The van der Waals surface area contributed by atoms with Crippen LogP contribution in [0.2, 0.25) is 0 Å². The van der Waals surface area contributed by atoms with Gasteiger partial charge in [-0.2, -0.15) is 5.10 Å². The summed E-state index contributed by atoms with van der Waals surface area (Å²) in [5.41, 5.74) is 2.95. The van der Waals surface area contributed by atoms with Crippen molar-refractivity contribution >= 4 is 5.91 Å². The number of carbonyl (C=O) groups is 1. The zero-order valence-corrected chi connectivity index (χ0v) is 14.4. The third kappa shape index (κ3) is 3.79. The molecule has 7 nitrogen and oxygen atoms in total. The van der Waals surface area contributed by atoms with Gasteiger partial charge in [-0.05, 0) is 31.9 Å². The van der Waals surface area contributed by atoms with Crippen LogP contribution < -0.4 is 0 Å². The second-order valence-electron chi connectivity index (χ2n) is 6.14. The summed E-state index contributed by atoms with van der Waals surface area (Å²) in [4.78, 5) is 22.9. The molecule has 7 heteroatoms. The Hall–Kier alpha value is -2.28. The van der Waals surface area contributed by atoms with Crippen LogP contribution in [0.15, 0.2) is 18.5 Å². The number of rotatable bonds is 4. The number of carbonyl (C=O) groups excluding carboxylic acids is 1. The Labute approximate surface area is 141 Å². The zero-order chi connectivity index (χ0) is 17.1. The van der Waals surface area contributed by atoms with E-state index >= 15 is 0 Å². The fraction of sp³-hybridized carbons (Fsp3) is 0.529. The van der Waals surface area contributed by atoms with Gasteiger partial charge in [-0.3, -0.25) is 9.48 Å². The van der Waals surface area contributed by atoms with Gasteiger partial charge in [0, 0.05) is 32.4 Å². The van der Waals surface area contributed by atoms with Crippen LogP contribution in [0.1, 0.15) is 35.3 Å². The van der Waals surface area contributed by atoms with Crippen LogP contribution in [-0.4, -0.2) is 50.3 Å². The highest BCUT2D eigenvalue weighted by atomic mass is 16.5. The quantitative estimate of drug-likeness (QED) is 0.847. The molecule has 0 N–H and O–H groups in total. The molecule has 3 heterocycles. The van der Waals surface area contributed by atoms with Crippen molar-refractivity contribution in [2.24, 2.45) is 7.05 Å². The zero-order valence-electron chi connectivity index (χ0n) is 14.4. The van der Waals surface area contributed by atoms with Gasteiger partial charge >= 0.3 is 0 Å². The van der Waals surface area contributed by atoms with E-state index in [0.717, 1.165) is 17.0 Å². The maximum absolute atomic E-state index is 12.5. The number of aryl methyl sites for hydroxylation is 4. The lowest BCUT2D eigenvalue weighted by Gasteiger charge is -2.32. The summed E-state index contributed by atoms with van der Waals surface area (Å²) in [6, 6.07) is 1.85. The van der Waals surface area contributed by atoms with Crippen molar-refractivity contribution in [1.82, 2.24) is 24.6 Å². The van der Waals surface area contributed by atoms with E-state index < -0.39 is 0 Å². The van der Waals surface area contributed by atoms with Crippen molar-refractivity contribution in [2.45, 2.75) is 32.8 Å². The van der Waals surface area contributed by atoms with E-state index in [4.69, 9.17) is 4.74 Å². The maximum atomic E-state index is 12.5. The molecule has 0 saturated carbocycles. The smallest absolute Gasteiger partial charge is 0.223 e. The van der Waals surface area contributed by atoms with Gasteiger partial charge in [0.2, 0.25) is 5.91 Å². The van der Waals surface area contributed by atoms with Crippen LogP contribution in [0.4, 0.5) is 0 Å². The first-order valence-electron chi connectivity index (χ1n) is 8.21. The van der Waals surface area contributed by atoms with Crippen LogP contribution in [0.5, 0.6) is 0 Å². The average molecular weight is 329 g/mol. The number of hydrogen-bond acceptors (Lipinski definition) is 5. The fourth-order valence-corrected chi connectivity index (χ4v) is 3.00. The van der Waals surface area contributed by atoms with Crippen LogP contribution in [0, 0.1) is 13.8 Å². The van der Waals surface area contributed by atoms with Gasteiger partial charge < -0.3 is 9.64 Å². The van der Waals surface area contributed by atoms with Crippen molar-refractivity contribution in [1.29, 1.82) is 0 Å². The molecule has 1 atom stereocenters. The van der Waals surface area contributed by atoms with Crippen molar-refractivity contribution in [2.75, 3.05) is 19.7 Å². The molecule has 0 radical (unpaired) electrons. The molecule has 1 aliphatic rings. The van der Waals surface area contributed by atoms with Crippen LogP contribution in [-0.2, 0) is 23.0 Å². The average Bonchev–Trinajstić information content (AvgIpc) is 2.90. The number of morpholine rings is 1. The largest absolute Gasteiger partial charge is 0.368 e. The van der Waals surface area contributed by atoms with Gasteiger partial charge in [0.15, 0.2) is 0 Å². The third-order valence-corrected chi connectivity index (χ3v) is 4.27. The Bertz CT molecular complexity index is 728. The molecule has 1 aliphatic heterocycles. The predicted molar refractivity (Wildman–Crippen MR) is 88.3 cm³/mol. The van der Waals surface area contributed by atoms with Crippen molar-refractivity contribution in [3.05, 3.63) is 41.2 Å². The summed E-state index contributed by atoms with van der Waals surface area (Å²) >= 11 is 0. The van der Waals surface area contributed by atoms with E-state index in [-0.39, 0.29) is 12.0 Å². The summed E-state index contributed by atoms with van der Waals surface area (Å²) in [6.07, 6.45) is 4.74. The lowest BCUT2D eigenvalue weighted by atomic mass is 10.1. The molecule has 0 aromatic carbocycles. The molecule has 0 unspecified atom stereocenters. The summed E-state index contributed by atoms with van der Waals surface area (Å²) in [6.45, 7) is 5.53. The molecule has 0 aliphatic carbocycles. The highest BCUT2D eigenvalue weighted by Gasteiger charge is 2.26. The molecule has 1 fully saturated rings. The Morgan fingerprint density at radius 3 is 2.96 bits per heavy atom. The van der Waals surface area contributed by atoms with E-state index in [9.17, 15) is 4.79 Å². The minimum atomic E-state index is -0.176. The molecule has 24 heavy (non-hydrogen) atoms. The summed E-state index contributed by atoms with van der Waals surface area (Å²) in [5, 5.41) is 4.32. The standard InChI is InChI=1S/C17H23N5O2/c1-12-14(10-21(3)20-12)4-5-17(23)22-8-9-24-16(11-22)15-6-7-18-13(2)19-15/h6-7,10,16H,4-5,8-9,11H2,1-3H3/t16-/m1/s1. The maximum Gasteiger partial charge on any atom is 0.223 e. The normalized spacial score (nSPS) is 18.0. The number of amides is 1. The Balaban J connectivity index is 1.60. The summed E-state index contributed by atoms with van der Waals surface area (Å²) in [5.74, 6) is 0.865. The van der Waals surface area contributed by atoms with E-state index in [1.807, 2.05) is 38.1 Å². The SMILES string of the molecule is Cc1nccc([C@H]2CN(C(=O)CCc3cn(C)nc3C)CCO2)n1. The van der Waals surface area contributed by atoms with E-state index in [1.54, 1.807) is 10.9 Å². The molecule has 128 valence electrons. The molecular formula is C17H23N5O2. The number of nitrogens with zero attached hydrogens (tertiary/aromatic N) is 5. The van der Waals surface area contributed by atoms with E-state index in [0.29, 0.717) is 38.4 Å². The number of aromatic nitrogens is 4. The van der Waals surface area contributed by atoms with Crippen molar-refractivity contribution < 1.29 is 9.53 Å². The highest BCUT2D eigenvalue weighted by molar-refractivity contribution is 5.76. The van der Waals surface area contributed by atoms with Crippen molar-refractivity contribution in [3.63, 3.8) is 0 Å². The Morgan fingerprint density at radius 1 is 1.42 bits per heavy atom. The van der Waals surface area contributed by atoms with Crippen molar-refractivity contribution in [3.8, 4) is 0 Å². The highest BCUT2D eigenvalue weighted by Crippen LogP contribution is 2.21. The lowest BCUT2D eigenvalue weighted by Crippen LogP contribution is -2.42. The minimum absolute atomic E-state index is 0.150. The van der Waals surface area contributed by atoms with Gasteiger partial charge in [-0.15, -0.1) is 0 Å². The predicted octanol–water partition coefficient (Wildman–Crippen LogP) is 1.36. The fourth-order valence-electron chi connectivity index (χ4n) is 3.00. The molecule has 0 bridgehead atoms. The first-order valence-corrected chi connectivity index (χ1v) is 8.21. The van der Waals surface area contributed by atoms with E-state index in [2.05, 4.69) is 15.1 Å². The Kier molecular flexibility index (Phi) is 4.89. The van der Waals surface area contributed by atoms with Gasteiger partial charge in [0.05, 0.1) is 24.5 Å². The summed E-state index contributed by atoms with van der Waals surface area (Å²) in [7, 11) is 1.90. The molecule has 3 rings (SSSR count). The van der Waals surface area contributed by atoms with Crippen LogP contribution in [0.25, 0.3) is 0 Å². The Morgan fingerprint density at radius 2 is 2.25 bits per heavy atom. The molecular weight excluding hydrogens is 306 g/mol. The molecule has 2 aromatic heterocycles. The second kappa shape index (κ2) is 7.09. The first kappa shape index (κ1) is 16.6. The van der Waals surface area contributed by atoms with Crippen LogP contribution >= 0.6 is 0 Å². The van der Waals surface area contributed by atoms with Gasteiger partial charge in [-0.25, -0.2) is 9.97 Å². The molecule has 2 aromatic rings. The summed E-state index contributed by atoms with van der Waals surface area (Å²) < 4.78 is 7.58. The van der Waals surface area contributed by atoms with Gasteiger partial charge in [0.1, 0.15) is 11.9 Å². The van der Waals surface area contributed by atoms with Gasteiger partial charge in [0.25, 0.3) is 0 Å². The molecule has 1 saturated heterocycles. The van der Waals surface area contributed by atoms with E-state index in [1.165, 1.54) is 0 Å². The molecule has 0 spiro atoms. The number of hydrogen-bond donors (Lipinski definition) is 0. The topological polar surface area (TPSA) is 73.1 Å². The first-order chi connectivity index (χ1) is 11.5. The van der Waals surface area contributed by atoms with Gasteiger partial charge in [-0.1, -0.05) is 0 Å². The molecule has 1 amide bonds. The lowest BCUT2D eigenvalue weighted by molar-refractivity contribution is -0.139. The number of ether oxygens (including phenoxy) is 1. The second-order valence-corrected chi connectivity index (χ2v) is 6.14. The minimum Gasteiger partial charge on any atom is -0.368 e.